The monoisotopic (exact) mass is 450 g/mol. The fourth-order valence-corrected chi connectivity index (χ4v) is 4.26. The Morgan fingerprint density at radius 2 is 1.85 bits per heavy atom. The van der Waals surface area contributed by atoms with Crippen molar-refractivity contribution in [2.24, 2.45) is 0 Å². The fraction of sp³-hybridized carbons (Fsp3) is 0.385. The van der Waals surface area contributed by atoms with E-state index in [9.17, 15) is 14.7 Å². The standard InChI is InChI=1S/C26H30N2O5/c1-18-23-9-8-22(32-17-21(30)16-27-10-12-28(13-11-27)19(2)29)15-25(23)33-26(31)24(18)14-20-6-4-3-5-7-20/h3-9,15,21,30H,10-14,16-17H2,1-2H3/t21-/m0/s1. The van der Waals surface area contributed by atoms with Crippen molar-refractivity contribution in [3.8, 4) is 5.75 Å². The zero-order chi connectivity index (χ0) is 23.4. The lowest BCUT2D eigenvalue weighted by molar-refractivity contribution is -0.130. The number of amides is 1. The van der Waals surface area contributed by atoms with E-state index in [4.69, 9.17) is 9.15 Å². The zero-order valence-electron chi connectivity index (χ0n) is 19.1. The SMILES string of the molecule is CC(=O)N1CCN(C[C@H](O)COc2ccc3c(C)c(Cc4ccccc4)c(=O)oc3c2)CC1. The van der Waals surface area contributed by atoms with Gasteiger partial charge in [0.15, 0.2) is 0 Å². The van der Waals surface area contributed by atoms with Gasteiger partial charge in [-0.1, -0.05) is 30.3 Å². The molecule has 1 aliphatic rings. The molecule has 0 unspecified atom stereocenters. The van der Waals surface area contributed by atoms with Crippen LogP contribution < -0.4 is 10.4 Å². The Morgan fingerprint density at radius 1 is 1.12 bits per heavy atom. The first kappa shape index (κ1) is 23.0. The van der Waals surface area contributed by atoms with Gasteiger partial charge in [-0.05, 0) is 30.2 Å². The summed E-state index contributed by atoms with van der Waals surface area (Å²) >= 11 is 0. The average molecular weight is 451 g/mol. The molecule has 1 aromatic heterocycles. The van der Waals surface area contributed by atoms with Crippen molar-refractivity contribution < 1.29 is 19.1 Å². The Bertz CT molecular complexity index is 1170. The molecule has 2 aromatic carbocycles. The lowest BCUT2D eigenvalue weighted by Crippen LogP contribution is -2.50. The normalized spacial score (nSPS) is 15.5. The van der Waals surface area contributed by atoms with Gasteiger partial charge >= 0.3 is 5.63 Å². The number of piperazine rings is 1. The Balaban J connectivity index is 1.38. The Morgan fingerprint density at radius 3 is 2.55 bits per heavy atom. The molecule has 0 radical (unpaired) electrons. The van der Waals surface area contributed by atoms with Crippen LogP contribution in [0.4, 0.5) is 0 Å². The van der Waals surface area contributed by atoms with Crippen LogP contribution in [0.15, 0.2) is 57.7 Å². The number of carbonyl (C=O) groups is 1. The quantitative estimate of drug-likeness (QED) is 0.557. The smallest absolute Gasteiger partial charge is 0.340 e. The number of fused-ring (bicyclic) bond motifs is 1. The van der Waals surface area contributed by atoms with E-state index in [2.05, 4.69) is 4.90 Å². The van der Waals surface area contributed by atoms with Crippen LogP contribution in [0.1, 0.15) is 23.6 Å². The molecule has 4 rings (SSSR count). The minimum Gasteiger partial charge on any atom is -0.491 e. The molecule has 1 aliphatic heterocycles. The van der Waals surface area contributed by atoms with Gasteiger partial charge in [0.1, 0.15) is 24.0 Å². The van der Waals surface area contributed by atoms with Crippen molar-refractivity contribution >= 4 is 16.9 Å². The van der Waals surface area contributed by atoms with Crippen LogP contribution in [0.5, 0.6) is 5.75 Å². The summed E-state index contributed by atoms with van der Waals surface area (Å²) in [4.78, 5) is 28.0. The van der Waals surface area contributed by atoms with Gasteiger partial charge in [-0.3, -0.25) is 9.69 Å². The number of carbonyl (C=O) groups excluding carboxylic acids is 1. The first-order chi connectivity index (χ1) is 15.9. The van der Waals surface area contributed by atoms with Gasteiger partial charge in [0.2, 0.25) is 5.91 Å². The third-order valence-corrected chi connectivity index (χ3v) is 6.21. The van der Waals surface area contributed by atoms with Crippen molar-refractivity contribution in [2.45, 2.75) is 26.4 Å². The lowest BCUT2D eigenvalue weighted by Gasteiger charge is -2.35. The third kappa shape index (κ3) is 5.61. The van der Waals surface area contributed by atoms with Gasteiger partial charge in [-0.15, -0.1) is 0 Å². The van der Waals surface area contributed by atoms with Crippen LogP contribution >= 0.6 is 0 Å². The summed E-state index contributed by atoms with van der Waals surface area (Å²) in [6.07, 6.45) is -0.137. The fourth-order valence-electron chi connectivity index (χ4n) is 4.26. The number of β-amino-alcohol motifs (C(OH)–C–C–N with tert-alkyl or cyclic N) is 1. The van der Waals surface area contributed by atoms with Crippen molar-refractivity contribution in [3.05, 3.63) is 75.6 Å². The largest absolute Gasteiger partial charge is 0.491 e. The molecule has 2 heterocycles. The van der Waals surface area contributed by atoms with Crippen molar-refractivity contribution in [1.29, 1.82) is 0 Å². The molecule has 174 valence electrons. The summed E-state index contributed by atoms with van der Waals surface area (Å²) in [7, 11) is 0. The van der Waals surface area contributed by atoms with Crippen LogP contribution in [0, 0.1) is 6.92 Å². The van der Waals surface area contributed by atoms with E-state index in [-0.39, 0.29) is 18.1 Å². The second-order valence-corrected chi connectivity index (χ2v) is 8.58. The maximum Gasteiger partial charge on any atom is 0.340 e. The topological polar surface area (TPSA) is 83.2 Å². The van der Waals surface area contributed by atoms with Crippen LogP contribution in [0.25, 0.3) is 11.0 Å². The number of aliphatic hydroxyl groups is 1. The summed E-state index contributed by atoms with van der Waals surface area (Å²) < 4.78 is 11.4. The molecule has 33 heavy (non-hydrogen) atoms. The Labute approximate surface area is 193 Å². The van der Waals surface area contributed by atoms with Crippen molar-refractivity contribution in [2.75, 3.05) is 39.3 Å². The second kappa shape index (κ2) is 10.2. The average Bonchev–Trinajstić information content (AvgIpc) is 2.81. The number of benzene rings is 2. The number of aliphatic hydroxyl groups excluding tert-OH is 1. The molecule has 1 N–H and O–H groups in total. The molecule has 1 saturated heterocycles. The van der Waals surface area contributed by atoms with Crippen LogP contribution in [0.2, 0.25) is 0 Å². The maximum atomic E-state index is 12.6. The molecule has 7 heteroatoms. The van der Waals surface area contributed by atoms with E-state index >= 15 is 0 Å². The molecular formula is C26H30N2O5. The summed E-state index contributed by atoms with van der Waals surface area (Å²) in [6.45, 7) is 6.97. The number of hydrogen-bond acceptors (Lipinski definition) is 6. The van der Waals surface area contributed by atoms with Crippen molar-refractivity contribution in [3.63, 3.8) is 0 Å². The molecule has 1 fully saturated rings. The number of ether oxygens (including phenoxy) is 1. The van der Waals surface area contributed by atoms with E-state index in [1.165, 1.54) is 0 Å². The van der Waals surface area contributed by atoms with E-state index in [0.29, 0.717) is 43.0 Å². The highest BCUT2D eigenvalue weighted by Gasteiger charge is 2.21. The molecule has 3 aromatic rings. The van der Waals surface area contributed by atoms with Crippen molar-refractivity contribution in [1.82, 2.24) is 9.80 Å². The number of hydrogen-bond donors (Lipinski definition) is 1. The van der Waals surface area contributed by atoms with E-state index in [0.717, 1.165) is 29.6 Å². The predicted molar refractivity (Wildman–Crippen MR) is 127 cm³/mol. The molecule has 0 aliphatic carbocycles. The number of rotatable bonds is 7. The number of nitrogens with zero attached hydrogens (tertiary/aromatic N) is 2. The zero-order valence-corrected chi connectivity index (χ0v) is 19.1. The van der Waals surface area contributed by atoms with E-state index in [1.54, 1.807) is 13.0 Å². The molecule has 7 nitrogen and oxygen atoms in total. The van der Waals surface area contributed by atoms with Gasteiger partial charge in [-0.2, -0.15) is 0 Å². The Hall–Kier alpha value is -3.16. The van der Waals surface area contributed by atoms with Crippen LogP contribution in [-0.2, 0) is 11.2 Å². The lowest BCUT2D eigenvalue weighted by atomic mass is 10.00. The summed E-state index contributed by atoms with van der Waals surface area (Å²) in [6, 6.07) is 15.3. The third-order valence-electron chi connectivity index (χ3n) is 6.21. The van der Waals surface area contributed by atoms with Gasteiger partial charge < -0.3 is 19.2 Å². The Kier molecular flexibility index (Phi) is 7.11. The number of aryl methyl sites for hydroxylation is 1. The highest BCUT2D eigenvalue weighted by atomic mass is 16.5. The maximum absolute atomic E-state index is 12.6. The minimum absolute atomic E-state index is 0.0870. The van der Waals surface area contributed by atoms with Crippen LogP contribution in [0.3, 0.4) is 0 Å². The van der Waals surface area contributed by atoms with Gasteiger partial charge in [0.25, 0.3) is 0 Å². The summed E-state index contributed by atoms with van der Waals surface area (Å²) in [5.41, 5.74) is 2.75. The molecule has 0 bridgehead atoms. The van der Waals surface area contributed by atoms with Gasteiger partial charge in [0, 0.05) is 63.1 Å². The first-order valence-corrected chi connectivity index (χ1v) is 11.3. The molecule has 1 amide bonds. The summed E-state index contributed by atoms with van der Waals surface area (Å²) in [5, 5.41) is 11.3. The predicted octanol–water partition coefficient (Wildman–Crippen LogP) is 2.60. The molecule has 0 saturated carbocycles. The van der Waals surface area contributed by atoms with Crippen LogP contribution in [-0.4, -0.2) is 66.2 Å². The van der Waals surface area contributed by atoms with E-state index < -0.39 is 6.10 Å². The van der Waals surface area contributed by atoms with Gasteiger partial charge in [0.05, 0.1) is 0 Å². The first-order valence-electron chi connectivity index (χ1n) is 11.3. The van der Waals surface area contributed by atoms with E-state index in [1.807, 2.05) is 54.3 Å². The second-order valence-electron chi connectivity index (χ2n) is 8.58. The highest BCUT2D eigenvalue weighted by Crippen LogP contribution is 2.25. The highest BCUT2D eigenvalue weighted by molar-refractivity contribution is 5.82. The molecule has 0 spiro atoms. The van der Waals surface area contributed by atoms with Gasteiger partial charge in [-0.25, -0.2) is 4.79 Å². The molecule has 1 atom stereocenters. The summed E-state index contributed by atoms with van der Waals surface area (Å²) in [5.74, 6) is 0.630. The minimum atomic E-state index is -0.661. The molecular weight excluding hydrogens is 420 g/mol.